The average Bonchev–Trinajstić information content (AvgIpc) is 2.27. The Morgan fingerprint density at radius 2 is 1.78 bits per heavy atom. The molecule has 0 bridgehead atoms. The van der Waals surface area contributed by atoms with Gasteiger partial charge in [-0.1, -0.05) is 29.8 Å². The highest BCUT2D eigenvalue weighted by molar-refractivity contribution is 5.80. The first-order valence-corrected chi connectivity index (χ1v) is 5.68. The van der Waals surface area contributed by atoms with Crippen molar-refractivity contribution in [3.63, 3.8) is 0 Å². The summed E-state index contributed by atoms with van der Waals surface area (Å²) >= 11 is 0. The zero-order valence-electron chi connectivity index (χ0n) is 10.7. The van der Waals surface area contributed by atoms with E-state index < -0.39 is 0 Å². The van der Waals surface area contributed by atoms with Gasteiger partial charge in [-0.3, -0.25) is 0 Å². The molecule has 0 aliphatic rings. The highest BCUT2D eigenvalue weighted by atomic mass is 15.4. The number of benzene rings is 1. The summed E-state index contributed by atoms with van der Waals surface area (Å²) in [5.74, 6) is 1.82. The second kappa shape index (κ2) is 5.35. The van der Waals surface area contributed by atoms with Crippen molar-refractivity contribution in [1.29, 1.82) is 0 Å². The van der Waals surface area contributed by atoms with Crippen molar-refractivity contribution in [3.05, 3.63) is 47.0 Å². The van der Waals surface area contributed by atoms with E-state index in [2.05, 4.69) is 31.5 Å². The lowest BCUT2D eigenvalue weighted by Crippen LogP contribution is -2.02. The average molecular weight is 241 g/mol. The molecule has 18 heavy (non-hydrogen) atoms. The Bertz CT molecular complexity index is 557. The summed E-state index contributed by atoms with van der Waals surface area (Å²) in [6, 6.07) is 8.08. The normalized spacial score (nSPS) is 10.8. The van der Waals surface area contributed by atoms with E-state index in [-0.39, 0.29) is 0 Å². The smallest absolute Gasteiger partial charge is 0.245 e. The maximum atomic E-state index is 4.14. The van der Waals surface area contributed by atoms with Crippen LogP contribution in [0.25, 0.3) is 0 Å². The molecule has 1 heterocycles. The van der Waals surface area contributed by atoms with Crippen molar-refractivity contribution in [2.75, 3.05) is 5.43 Å². The summed E-state index contributed by atoms with van der Waals surface area (Å²) in [5.41, 5.74) is 5.03. The number of hydrogen-bond donors (Lipinski definition) is 1. The lowest BCUT2D eigenvalue weighted by atomic mass is 10.2. The van der Waals surface area contributed by atoms with Crippen LogP contribution in [-0.2, 0) is 0 Å². The Hall–Kier alpha value is -2.30. The summed E-state index contributed by atoms with van der Waals surface area (Å²) in [6.45, 7) is 5.69. The molecular formula is C13H15N5. The van der Waals surface area contributed by atoms with Crippen LogP contribution >= 0.6 is 0 Å². The Balaban J connectivity index is 2.07. The molecule has 1 aromatic heterocycles. The van der Waals surface area contributed by atoms with E-state index in [4.69, 9.17) is 0 Å². The minimum atomic E-state index is 0.462. The van der Waals surface area contributed by atoms with Crippen LogP contribution in [0, 0.1) is 20.8 Å². The first-order valence-electron chi connectivity index (χ1n) is 5.68. The van der Waals surface area contributed by atoms with Gasteiger partial charge in [0.05, 0.1) is 6.21 Å². The van der Waals surface area contributed by atoms with Crippen LogP contribution in [0.3, 0.4) is 0 Å². The molecule has 0 radical (unpaired) electrons. The van der Waals surface area contributed by atoms with Crippen LogP contribution < -0.4 is 5.43 Å². The molecule has 0 amide bonds. The van der Waals surface area contributed by atoms with Gasteiger partial charge in [-0.2, -0.15) is 15.1 Å². The molecule has 92 valence electrons. The molecule has 0 aliphatic carbocycles. The van der Waals surface area contributed by atoms with Crippen LogP contribution in [-0.4, -0.2) is 21.2 Å². The van der Waals surface area contributed by atoms with Crippen molar-refractivity contribution in [2.45, 2.75) is 20.8 Å². The van der Waals surface area contributed by atoms with E-state index in [9.17, 15) is 0 Å². The molecule has 0 saturated heterocycles. The molecule has 0 spiro atoms. The molecular weight excluding hydrogens is 226 g/mol. The van der Waals surface area contributed by atoms with Gasteiger partial charge in [0.1, 0.15) is 11.6 Å². The van der Waals surface area contributed by atoms with E-state index in [1.807, 2.05) is 39.0 Å². The van der Waals surface area contributed by atoms with Gasteiger partial charge in [-0.15, -0.1) is 0 Å². The SMILES string of the molecule is Cc1cccc(/C=N/Nc2nc(C)nc(C)n2)c1. The second-order valence-corrected chi connectivity index (χ2v) is 4.04. The maximum Gasteiger partial charge on any atom is 0.247 e. The number of rotatable bonds is 3. The predicted molar refractivity (Wildman–Crippen MR) is 71.7 cm³/mol. The van der Waals surface area contributed by atoms with Crippen molar-refractivity contribution in [1.82, 2.24) is 15.0 Å². The highest BCUT2D eigenvalue weighted by Crippen LogP contribution is 2.02. The van der Waals surface area contributed by atoms with Crippen LogP contribution in [0.5, 0.6) is 0 Å². The standard InChI is InChI=1S/C13H15N5/c1-9-5-4-6-12(7-9)8-14-18-13-16-10(2)15-11(3)17-13/h4-8H,1-3H3,(H,15,16,17,18)/b14-8+. The summed E-state index contributed by atoms with van der Waals surface area (Å²) in [7, 11) is 0. The van der Waals surface area contributed by atoms with Crippen molar-refractivity contribution >= 4 is 12.2 Å². The Morgan fingerprint density at radius 1 is 1.06 bits per heavy atom. The Labute approximate surface area is 106 Å². The van der Waals surface area contributed by atoms with Crippen molar-refractivity contribution < 1.29 is 0 Å². The topological polar surface area (TPSA) is 63.1 Å². The molecule has 2 rings (SSSR count). The highest BCUT2D eigenvalue weighted by Gasteiger charge is 1.97. The van der Waals surface area contributed by atoms with E-state index in [1.165, 1.54) is 5.56 Å². The minimum absolute atomic E-state index is 0.462. The van der Waals surface area contributed by atoms with Gasteiger partial charge < -0.3 is 0 Å². The monoisotopic (exact) mass is 241 g/mol. The molecule has 0 atom stereocenters. The van der Waals surface area contributed by atoms with E-state index in [0.29, 0.717) is 17.6 Å². The van der Waals surface area contributed by atoms with E-state index >= 15 is 0 Å². The fourth-order valence-electron chi connectivity index (χ4n) is 1.58. The molecule has 5 nitrogen and oxygen atoms in total. The predicted octanol–water partition coefficient (Wildman–Crippen LogP) is 2.24. The number of aryl methyl sites for hydroxylation is 3. The van der Waals surface area contributed by atoms with Crippen LogP contribution in [0.2, 0.25) is 0 Å². The molecule has 0 unspecified atom stereocenters. The lowest BCUT2D eigenvalue weighted by molar-refractivity contribution is 0.918. The van der Waals surface area contributed by atoms with Gasteiger partial charge >= 0.3 is 0 Å². The molecule has 0 fully saturated rings. The van der Waals surface area contributed by atoms with E-state index in [1.54, 1.807) is 6.21 Å². The summed E-state index contributed by atoms with van der Waals surface area (Å²) in [6.07, 6.45) is 1.74. The molecule has 0 saturated carbocycles. The van der Waals surface area contributed by atoms with Gasteiger partial charge in [0, 0.05) is 0 Å². The zero-order chi connectivity index (χ0) is 13.0. The van der Waals surface area contributed by atoms with Crippen LogP contribution in [0.15, 0.2) is 29.4 Å². The summed E-state index contributed by atoms with van der Waals surface area (Å²) < 4.78 is 0. The number of nitrogens with zero attached hydrogens (tertiary/aromatic N) is 4. The number of anilines is 1. The Kier molecular flexibility index (Phi) is 3.62. The molecule has 1 aromatic carbocycles. The van der Waals surface area contributed by atoms with Crippen LogP contribution in [0.4, 0.5) is 5.95 Å². The zero-order valence-corrected chi connectivity index (χ0v) is 10.7. The Morgan fingerprint density at radius 3 is 2.44 bits per heavy atom. The fourth-order valence-corrected chi connectivity index (χ4v) is 1.58. The third-order valence-electron chi connectivity index (χ3n) is 2.28. The third kappa shape index (κ3) is 3.35. The second-order valence-electron chi connectivity index (χ2n) is 4.04. The summed E-state index contributed by atoms with van der Waals surface area (Å²) in [5, 5.41) is 4.11. The van der Waals surface area contributed by atoms with E-state index in [0.717, 1.165) is 5.56 Å². The molecule has 5 heteroatoms. The minimum Gasteiger partial charge on any atom is -0.245 e. The van der Waals surface area contributed by atoms with Gasteiger partial charge in [-0.25, -0.2) is 10.4 Å². The first-order chi connectivity index (χ1) is 8.63. The lowest BCUT2D eigenvalue weighted by Gasteiger charge is -2.00. The van der Waals surface area contributed by atoms with Gasteiger partial charge in [-0.05, 0) is 26.3 Å². The molecule has 2 aromatic rings. The third-order valence-corrected chi connectivity index (χ3v) is 2.28. The van der Waals surface area contributed by atoms with Crippen LogP contribution in [0.1, 0.15) is 22.8 Å². The van der Waals surface area contributed by atoms with Crippen molar-refractivity contribution in [2.24, 2.45) is 5.10 Å². The quantitative estimate of drug-likeness (QED) is 0.661. The first kappa shape index (κ1) is 12.2. The van der Waals surface area contributed by atoms with Gasteiger partial charge in [0.2, 0.25) is 5.95 Å². The fraction of sp³-hybridized carbons (Fsp3) is 0.231. The number of hydrazone groups is 1. The molecule has 1 N–H and O–H groups in total. The maximum absolute atomic E-state index is 4.14. The van der Waals surface area contributed by atoms with Gasteiger partial charge in [0.15, 0.2) is 0 Å². The van der Waals surface area contributed by atoms with Gasteiger partial charge in [0.25, 0.3) is 0 Å². The number of hydrogen-bond acceptors (Lipinski definition) is 5. The number of aromatic nitrogens is 3. The molecule has 0 aliphatic heterocycles. The largest absolute Gasteiger partial charge is 0.247 e. The number of nitrogens with one attached hydrogen (secondary N) is 1. The summed E-state index contributed by atoms with van der Waals surface area (Å²) in [4.78, 5) is 12.4. The van der Waals surface area contributed by atoms with Crippen molar-refractivity contribution in [3.8, 4) is 0 Å².